The molecule has 4 aromatic rings. The fraction of sp³-hybridized carbons (Fsp3) is 0.0800. The van der Waals surface area contributed by atoms with E-state index in [1.807, 2.05) is 0 Å². The van der Waals surface area contributed by atoms with Crippen molar-refractivity contribution < 1.29 is 18.0 Å². The normalized spacial score (nSPS) is 11.0. The van der Waals surface area contributed by atoms with Crippen LogP contribution in [0.15, 0.2) is 102 Å². The van der Waals surface area contributed by atoms with Gasteiger partial charge >= 0.3 is 0 Å². The summed E-state index contributed by atoms with van der Waals surface area (Å²) in [6.45, 7) is 0.496. The summed E-state index contributed by atoms with van der Waals surface area (Å²) in [6.07, 6.45) is 5.33. The molecule has 0 saturated carbocycles. The van der Waals surface area contributed by atoms with Crippen LogP contribution in [0.5, 0.6) is 0 Å². The lowest BCUT2D eigenvalue weighted by molar-refractivity contribution is -0.116. The number of hydrogen-bond donors (Lipinski definition) is 3. The van der Waals surface area contributed by atoms with Crippen LogP contribution in [0, 0.1) is 0 Å². The molecule has 0 spiro atoms. The Labute approximate surface area is 202 Å². The molecule has 35 heavy (non-hydrogen) atoms. The third-order valence-corrected chi connectivity index (χ3v) is 6.39. The van der Waals surface area contributed by atoms with Crippen LogP contribution in [0.4, 0.5) is 17.1 Å². The average Bonchev–Trinajstić information content (AvgIpc) is 3.37. The molecule has 9 nitrogen and oxygen atoms in total. The van der Waals surface area contributed by atoms with Crippen LogP contribution in [0.3, 0.4) is 0 Å². The quantitative estimate of drug-likeness (QED) is 0.328. The summed E-state index contributed by atoms with van der Waals surface area (Å²) in [5, 5.41) is 5.54. The molecule has 178 valence electrons. The van der Waals surface area contributed by atoms with Gasteiger partial charge in [-0.1, -0.05) is 30.3 Å². The van der Waals surface area contributed by atoms with Crippen LogP contribution in [0.2, 0.25) is 0 Å². The van der Waals surface area contributed by atoms with Gasteiger partial charge in [-0.25, -0.2) is 13.4 Å². The van der Waals surface area contributed by atoms with Crippen LogP contribution in [0.25, 0.3) is 0 Å². The minimum atomic E-state index is -3.76. The first-order valence-corrected chi connectivity index (χ1v) is 12.2. The third-order valence-electron chi connectivity index (χ3n) is 4.99. The van der Waals surface area contributed by atoms with Crippen LogP contribution >= 0.6 is 0 Å². The maximum absolute atomic E-state index is 12.8. The number of anilines is 3. The summed E-state index contributed by atoms with van der Waals surface area (Å²) in [5.74, 6) is -0.586. The van der Waals surface area contributed by atoms with E-state index in [4.69, 9.17) is 0 Å². The molecule has 0 aliphatic heterocycles. The number of carbonyl (C=O) groups excluding carboxylic acids is 2. The molecule has 0 unspecified atom stereocenters. The molecule has 0 fully saturated rings. The van der Waals surface area contributed by atoms with Crippen molar-refractivity contribution in [1.29, 1.82) is 0 Å². The highest BCUT2D eigenvalue weighted by Crippen LogP contribution is 2.20. The highest BCUT2D eigenvalue weighted by atomic mass is 32.2. The Bertz CT molecular complexity index is 1420. The molecule has 1 aromatic heterocycles. The minimum Gasteiger partial charge on any atom is -0.337 e. The molecule has 0 radical (unpaired) electrons. The first-order chi connectivity index (χ1) is 16.9. The molecule has 2 amide bonds. The number of amides is 2. The molecule has 10 heteroatoms. The number of nitrogens with one attached hydrogen (secondary N) is 3. The van der Waals surface area contributed by atoms with Crippen molar-refractivity contribution in [2.75, 3.05) is 15.4 Å². The van der Waals surface area contributed by atoms with E-state index in [0.29, 0.717) is 29.2 Å². The summed E-state index contributed by atoms with van der Waals surface area (Å²) in [7, 11) is -3.76. The second-order valence-corrected chi connectivity index (χ2v) is 9.32. The summed E-state index contributed by atoms with van der Waals surface area (Å²) in [4.78, 5) is 29.1. The summed E-state index contributed by atoms with van der Waals surface area (Å²) in [6, 6.07) is 21.0. The maximum atomic E-state index is 12.8. The Balaban J connectivity index is 1.38. The zero-order valence-corrected chi connectivity index (χ0v) is 19.4. The van der Waals surface area contributed by atoms with Gasteiger partial charge in [-0.15, -0.1) is 0 Å². The predicted molar refractivity (Wildman–Crippen MR) is 134 cm³/mol. The van der Waals surface area contributed by atoms with E-state index in [2.05, 4.69) is 20.3 Å². The summed E-state index contributed by atoms with van der Waals surface area (Å²) >= 11 is 0. The van der Waals surface area contributed by atoms with Crippen molar-refractivity contribution in [2.24, 2.45) is 0 Å². The number of aromatic nitrogens is 2. The topological polar surface area (TPSA) is 122 Å². The van der Waals surface area contributed by atoms with Crippen LogP contribution in [0.1, 0.15) is 16.8 Å². The maximum Gasteiger partial charge on any atom is 0.261 e. The Morgan fingerprint density at radius 1 is 0.829 bits per heavy atom. The minimum absolute atomic E-state index is 0.137. The third kappa shape index (κ3) is 6.55. The number of aryl methyl sites for hydroxylation is 1. The number of rotatable bonds is 9. The number of imidazole rings is 1. The van der Waals surface area contributed by atoms with Crippen molar-refractivity contribution in [3.63, 3.8) is 0 Å². The molecule has 1 heterocycles. The van der Waals surface area contributed by atoms with Crippen molar-refractivity contribution in [1.82, 2.24) is 9.55 Å². The second-order valence-electron chi connectivity index (χ2n) is 7.63. The Morgan fingerprint density at radius 2 is 1.54 bits per heavy atom. The number of benzene rings is 3. The van der Waals surface area contributed by atoms with Gasteiger partial charge in [0.15, 0.2) is 0 Å². The Hall–Kier alpha value is -4.44. The van der Waals surface area contributed by atoms with Gasteiger partial charge in [-0.3, -0.25) is 14.3 Å². The summed E-state index contributed by atoms with van der Waals surface area (Å²) < 4.78 is 29.4. The lowest BCUT2D eigenvalue weighted by Gasteiger charge is -2.11. The molecule has 0 atom stereocenters. The van der Waals surface area contributed by atoms with Gasteiger partial charge in [0.2, 0.25) is 5.91 Å². The SMILES string of the molecule is O=C(CCn1ccnc1)Nc1cccc(C(=O)Nc2cccc(NS(=O)(=O)c3ccccc3)c2)c1. The fourth-order valence-corrected chi connectivity index (χ4v) is 4.36. The van der Waals surface area contributed by atoms with Crippen LogP contribution in [-0.4, -0.2) is 29.8 Å². The smallest absolute Gasteiger partial charge is 0.261 e. The Kier molecular flexibility index (Phi) is 7.22. The monoisotopic (exact) mass is 489 g/mol. The van der Waals surface area contributed by atoms with Gasteiger partial charge < -0.3 is 15.2 Å². The largest absolute Gasteiger partial charge is 0.337 e. The van der Waals surface area contributed by atoms with Crippen molar-refractivity contribution in [3.8, 4) is 0 Å². The van der Waals surface area contributed by atoms with Gasteiger partial charge in [-0.2, -0.15) is 0 Å². The zero-order chi connectivity index (χ0) is 24.7. The average molecular weight is 490 g/mol. The van der Waals surface area contributed by atoms with Crippen molar-refractivity contribution in [2.45, 2.75) is 17.9 Å². The van der Waals surface area contributed by atoms with E-state index in [0.717, 1.165) is 0 Å². The molecular formula is C25H23N5O4S. The molecule has 3 aromatic carbocycles. The molecule has 4 rings (SSSR count). The molecular weight excluding hydrogens is 466 g/mol. The van der Waals surface area contributed by atoms with Gasteiger partial charge in [0.05, 0.1) is 16.9 Å². The van der Waals surface area contributed by atoms with Gasteiger partial charge in [0.1, 0.15) is 0 Å². The molecule has 0 bridgehead atoms. The van der Waals surface area contributed by atoms with E-state index in [-0.39, 0.29) is 17.2 Å². The van der Waals surface area contributed by atoms with E-state index in [1.165, 1.54) is 18.2 Å². The van der Waals surface area contributed by atoms with Gasteiger partial charge in [-0.05, 0) is 48.5 Å². The lowest BCUT2D eigenvalue weighted by atomic mass is 10.1. The van der Waals surface area contributed by atoms with Crippen molar-refractivity contribution >= 4 is 38.9 Å². The molecule has 0 aliphatic carbocycles. The second kappa shape index (κ2) is 10.7. The van der Waals surface area contributed by atoms with Crippen LogP contribution < -0.4 is 15.4 Å². The Morgan fingerprint density at radius 3 is 2.29 bits per heavy atom. The predicted octanol–water partition coefficient (Wildman–Crippen LogP) is 3.97. The number of nitrogens with zero attached hydrogens (tertiary/aromatic N) is 2. The zero-order valence-electron chi connectivity index (χ0n) is 18.6. The molecule has 0 saturated heterocycles. The number of carbonyl (C=O) groups is 2. The van der Waals surface area contributed by atoms with E-state index in [1.54, 1.807) is 84.0 Å². The first kappa shape index (κ1) is 23.7. The van der Waals surface area contributed by atoms with E-state index < -0.39 is 15.9 Å². The van der Waals surface area contributed by atoms with Crippen molar-refractivity contribution in [3.05, 3.63) is 103 Å². The standard InChI is InChI=1S/C25H23N5O4S/c31-24(12-14-30-15-13-26-18-30)27-20-7-4-6-19(16-20)25(32)28-21-8-5-9-22(17-21)29-35(33,34)23-10-2-1-3-11-23/h1-11,13,15-18,29H,12,14H2,(H,27,31)(H,28,32). The summed E-state index contributed by atoms with van der Waals surface area (Å²) in [5.41, 5.74) is 1.56. The van der Waals surface area contributed by atoms with Gasteiger partial charge in [0, 0.05) is 42.3 Å². The highest BCUT2D eigenvalue weighted by molar-refractivity contribution is 7.92. The first-order valence-electron chi connectivity index (χ1n) is 10.7. The number of sulfonamides is 1. The molecule has 0 aliphatic rings. The van der Waals surface area contributed by atoms with E-state index in [9.17, 15) is 18.0 Å². The number of hydrogen-bond acceptors (Lipinski definition) is 5. The highest BCUT2D eigenvalue weighted by Gasteiger charge is 2.14. The molecule has 3 N–H and O–H groups in total. The lowest BCUT2D eigenvalue weighted by Crippen LogP contribution is -2.16. The van der Waals surface area contributed by atoms with Gasteiger partial charge in [0.25, 0.3) is 15.9 Å². The van der Waals surface area contributed by atoms with Crippen LogP contribution in [-0.2, 0) is 21.4 Å². The van der Waals surface area contributed by atoms with E-state index >= 15 is 0 Å². The fourth-order valence-electron chi connectivity index (χ4n) is 3.29.